The fraction of sp³-hybridized carbons (Fsp3) is 0.772. The van der Waals surface area contributed by atoms with Crippen molar-refractivity contribution in [1.29, 1.82) is 0 Å². The number of ether oxygens (including phenoxy) is 1. The molecule has 32 unspecified atom stereocenters. The van der Waals surface area contributed by atoms with Crippen molar-refractivity contribution in [1.82, 2.24) is 0 Å². The predicted octanol–water partition coefficient (Wildman–Crippen LogP) is 10.2. The third-order valence-corrected chi connectivity index (χ3v) is 29.4. The molecule has 0 heterocycles. The SMILES string of the molecule is Cc1cccc(C)c1C(=O)OC1C(O[Si](C)(C)c2ccccc2)C2C3CCC4C5CCC6C7CCC8C9CCC%10C1C1C2C2C3C4C3C5C6C4C7C8C5C9C%10C1C1C5C4C3C21. The lowest BCUT2D eigenvalue weighted by atomic mass is 9.43. The van der Waals surface area contributed by atoms with Crippen LogP contribution in [0.2, 0.25) is 13.1 Å². The molecular weight excluding hydrogens is 761 g/mol. The molecule has 0 saturated heterocycles. The molecule has 0 amide bonds. The van der Waals surface area contributed by atoms with Crippen molar-refractivity contribution in [2.45, 2.75) is 90.5 Å². The number of fused-ring (bicyclic) bond motifs is 5. The fourth-order valence-electron chi connectivity index (χ4n) is 27.6. The van der Waals surface area contributed by atoms with E-state index in [4.69, 9.17) is 9.16 Å². The van der Waals surface area contributed by atoms with Crippen molar-refractivity contribution in [3.63, 3.8) is 0 Å². The third-order valence-electron chi connectivity index (χ3n) is 26.8. The Hall–Kier alpha value is -1.91. The first-order valence-electron chi connectivity index (χ1n) is 26.8. The number of benzene rings is 2. The molecule has 3 nitrogen and oxygen atoms in total. The Kier molecular flexibility index (Phi) is 6.03. The number of rotatable bonds is 5. The van der Waals surface area contributed by atoms with Crippen LogP contribution < -0.4 is 5.19 Å². The highest BCUT2D eigenvalue weighted by Crippen LogP contribution is 2.93. The molecule has 0 aliphatic heterocycles. The molecule has 318 valence electrons. The van der Waals surface area contributed by atoms with Crippen molar-refractivity contribution < 1.29 is 14.0 Å². The summed E-state index contributed by atoms with van der Waals surface area (Å²) in [7, 11) is -2.39. The summed E-state index contributed by atoms with van der Waals surface area (Å²) < 4.78 is 15.8. The van der Waals surface area contributed by atoms with E-state index in [-0.39, 0.29) is 18.2 Å². The Balaban J connectivity index is 0.897. The lowest BCUT2D eigenvalue weighted by molar-refractivity contribution is -0.175. The van der Waals surface area contributed by atoms with Crippen LogP contribution in [0.4, 0.5) is 0 Å². The van der Waals surface area contributed by atoms with Gasteiger partial charge in [-0.15, -0.1) is 0 Å². The summed E-state index contributed by atoms with van der Waals surface area (Å²) >= 11 is 0. The largest absolute Gasteiger partial charge is 0.456 e. The summed E-state index contributed by atoms with van der Waals surface area (Å²) in [5.74, 6) is 29.2. The Morgan fingerprint density at radius 3 is 1.16 bits per heavy atom. The summed E-state index contributed by atoms with van der Waals surface area (Å²) in [5, 5.41) is 1.42. The molecule has 16 saturated carbocycles. The van der Waals surface area contributed by atoms with Crippen LogP contribution >= 0.6 is 0 Å². The average Bonchev–Trinajstić information content (AvgIpc) is 4.09. The molecular formula is C57H68O3Si. The molecule has 32 atom stereocenters. The van der Waals surface area contributed by atoms with E-state index in [1.54, 1.807) is 25.7 Å². The fourth-order valence-corrected chi connectivity index (χ4v) is 29.7. The van der Waals surface area contributed by atoms with Crippen LogP contribution in [0.25, 0.3) is 0 Å². The van der Waals surface area contributed by atoms with Crippen LogP contribution in [0.5, 0.6) is 0 Å². The molecule has 16 aliphatic rings. The van der Waals surface area contributed by atoms with Gasteiger partial charge in [-0.05, 0) is 266 Å². The standard InChI is InChI=1S/C57H68O3Si/c1-21-9-8-10-22(2)32(21)57(58)59-55-41-30-19-17-28-26-15-13-24-25-14-16-27-29-18-20-31-40-38(29)45-36(27)34(25)43-33(24)35(26)44-37(28)39(30)46-48(41)49(47(40)54-52(45)50(43)51(44)53(46)54)42(31)56(55)60-61(3,4)23-11-6-5-7-12-23/h5-12,24-31,33-56H,13-20H2,1-4H3. The molecule has 61 heavy (non-hydrogen) atoms. The molecule has 0 N–H and O–H groups in total. The topological polar surface area (TPSA) is 35.5 Å². The van der Waals surface area contributed by atoms with Gasteiger partial charge in [0.15, 0.2) is 0 Å². The van der Waals surface area contributed by atoms with Crippen LogP contribution in [0.3, 0.4) is 0 Å². The van der Waals surface area contributed by atoms with Gasteiger partial charge < -0.3 is 9.16 Å². The van der Waals surface area contributed by atoms with Crippen LogP contribution in [-0.4, -0.2) is 26.5 Å². The molecule has 0 radical (unpaired) electrons. The van der Waals surface area contributed by atoms with Crippen LogP contribution in [0.15, 0.2) is 48.5 Å². The normalized spacial score (nSPS) is 63.7. The number of aryl methyl sites for hydroxylation is 2. The van der Waals surface area contributed by atoms with Crippen molar-refractivity contribution in [3.8, 4) is 0 Å². The van der Waals surface area contributed by atoms with Crippen LogP contribution in [-0.2, 0) is 9.16 Å². The van der Waals surface area contributed by atoms with Gasteiger partial charge in [-0.25, -0.2) is 4.79 Å². The first-order chi connectivity index (χ1) is 29.8. The van der Waals surface area contributed by atoms with Gasteiger partial charge in [0.05, 0.1) is 11.7 Å². The number of hydrogen-bond donors (Lipinski definition) is 0. The Labute approximate surface area is 365 Å². The Bertz CT molecular complexity index is 2320. The zero-order chi connectivity index (χ0) is 39.6. The molecule has 0 aromatic heterocycles. The highest BCUT2D eigenvalue weighted by atomic mass is 28.4. The number of hydrogen-bond acceptors (Lipinski definition) is 3. The number of carbonyl (C=O) groups is 1. The summed E-state index contributed by atoms with van der Waals surface area (Å²) in [6.07, 6.45) is 12.3. The van der Waals surface area contributed by atoms with Crippen LogP contribution in [0.1, 0.15) is 72.9 Å². The van der Waals surface area contributed by atoms with E-state index in [2.05, 4.69) is 75.5 Å². The zero-order valence-corrected chi connectivity index (χ0v) is 38.0. The molecule has 0 spiro atoms. The second-order valence-electron chi connectivity index (χ2n) is 26.9. The number of esters is 1. The lowest BCUT2D eigenvalue weighted by Crippen LogP contribution is -2.63. The van der Waals surface area contributed by atoms with Gasteiger partial charge in [-0.1, -0.05) is 48.5 Å². The zero-order valence-electron chi connectivity index (χ0n) is 37.0. The first kappa shape index (κ1) is 34.4. The maximum atomic E-state index is 15.2. The first-order valence-corrected chi connectivity index (χ1v) is 29.7. The van der Waals surface area contributed by atoms with Gasteiger partial charge in [-0.2, -0.15) is 0 Å². The predicted molar refractivity (Wildman–Crippen MR) is 235 cm³/mol. The van der Waals surface area contributed by atoms with Crippen molar-refractivity contribution in [2.75, 3.05) is 0 Å². The van der Waals surface area contributed by atoms with Gasteiger partial charge in [0.25, 0.3) is 0 Å². The van der Waals surface area contributed by atoms with Gasteiger partial charge in [0, 0.05) is 5.92 Å². The maximum absolute atomic E-state index is 15.2. The lowest BCUT2D eigenvalue weighted by Gasteiger charge is -2.62. The Morgan fingerprint density at radius 2 is 0.738 bits per heavy atom. The van der Waals surface area contributed by atoms with Gasteiger partial charge in [-0.3, -0.25) is 0 Å². The quantitative estimate of drug-likeness (QED) is 0.223. The summed E-state index contributed by atoms with van der Waals surface area (Å²) in [4.78, 5) is 15.2. The van der Waals surface area contributed by atoms with E-state index in [0.29, 0.717) is 11.8 Å². The van der Waals surface area contributed by atoms with Crippen molar-refractivity contribution in [3.05, 3.63) is 65.2 Å². The van der Waals surface area contributed by atoms with Crippen molar-refractivity contribution in [2.24, 2.45) is 178 Å². The van der Waals surface area contributed by atoms with Crippen LogP contribution in [0, 0.1) is 191 Å². The second kappa shape index (κ2) is 10.7. The molecule has 16 aliphatic carbocycles. The highest BCUT2D eigenvalue weighted by molar-refractivity contribution is 6.84. The smallest absolute Gasteiger partial charge is 0.339 e. The van der Waals surface area contributed by atoms with E-state index in [9.17, 15) is 0 Å². The summed E-state index contributed by atoms with van der Waals surface area (Å²) in [6.45, 7) is 9.30. The molecule has 18 rings (SSSR count). The Morgan fingerprint density at radius 1 is 0.410 bits per heavy atom. The molecule has 2 aromatic carbocycles. The minimum Gasteiger partial charge on any atom is -0.456 e. The highest BCUT2D eigenvalue weighted by Gasteiger charge is 2.90. The average molecular weight is 829 g/mol. The van der Waals surface area contributed by atoms with Gasteiger partial charge in [0.2, 0.25) is 8.32 Å². The van der Waals surface area contributed by atoms with E-state index >= 15 is 4.79 Å². The molecule has 0 bridgehead atoms. The van der Waals surface area contributed by atoms with Gasteiger partial charge >= 0.3 is 5.97 Å². The third kappa shape index (κ3) is 3.42. The molecule has 4 heteroatoms. The monoisotopic (exact) mass is 828 g/mol. The molecule has 2 aromatic rings. The minimum atomic E-state index is -2.39. The van der Waals surface area contributed by atoms with E-state index in [0.717, 1.165) is 182 Å². The minimum absolute atomic E-state index is 0.0291. The second-order valence-corrected chi connectivity index (χ2v) is 30.8. The summed E-state index contributed by atoms with van der Waals surface area (Å²) in [6, 6.07) is 17.8. The molecule has 16 fully saturated rings. The van der Waals surface area contributed by atoms with E-state index < -0.39 is 8.32 Å². The van der Waals surface area contributed by atoms with Gasteiger partial charge in [0.1, 0.15) is 6.10 Å². The number of carbonyl (C=O) groups excluding carboxylic acids is 1. The van der Waals surface area contributed by atoms with E-state index in [1.165, 1.54) is 30.9 Å². The maximum Gasteiger partial charge on any atom is 0.339 e. The van der Waals surface area contributed by atoms with Crippen molar-refractivity contribution >= 4 is 19.5 Å². The van der Waals surface area contributed by atoms with E-state index in [1.807, 2.05) is 0 Å². The summed E-state index contributed by atoms with van der Waals surface area (Å²) in [5.41, 5.74) is 3.00.